The molecule has 2 aromatic heterocycles. The molecule has 13 heteroatoms. The second-order valence-electron chi connectivity index (χ2n) is 4.85. The van der Waals surface area contributed by atoms with E-state index in [1.165, 1.54) is 26.4 Å². The number of aromatic nitrogens is 2. The van der Waals surface area contributed by atoms with Crippen LogP contribution in [-0.4, -0.2) is 38.6 Å². The Labute approximate surface area is 151 Å². The molecule has 0 atom stereocenters. The zero-order chi connectivity index (χ0) is 20.2. The molecule has 0 fully saturated rings. The first kappa shape index (κ1) is 20.2. The Kier molecular flexibility index (Phi) is 5.73. The predicted octanol–water partition coefficient (Wildman–Crippen LogP) is 2.02. The van der Waals surface area contributed by atoms with Gasteiger partial charge in [-0.1, -0.05) is 6.07 Å². The van der Waals surface area contributed by atoms with Crippen LogP contribution < -0.4 is 19.5 Å². The van der Waals surface area contributed by atoms with Crippen molar-refractivity contribution in [3.63, 3.8) is 0 Å². The Morgan fingerprint density at radius 2 is 1.81 bits per heavy atom. The lowest BCUT2D eigenvalue weighted by atomic mass is 10.3. The average molecular weight is 406 g/mol. The highest BCUT2D eigenvalue weighted by atomic mass is 32.2. The number of anilines is 1. The topological polar surface area (TPSA) is 120 Å². The maximum atomic E-state index is 12.7. The van der Waals surface area contributed by atoms with Gasteiger partial charge in [0.15, 0.2) is 5.03 Å². The van der Waals surface area contributed by atoms with Gasteiger partial charge in [0.1, 0.15) is 17.3 Å². The standard InChI is InChI=1S/C14H13F3N4O5S/c1-25-8-6-10(19-11(7-8)26-2)20-13(22)21-27(23,24)12-5-3-4-9(18-12)14(15,16)17/h3-7H,1-2H3,(H2,19,20,21,22). The smallest absolute Gasteiger partial charge is 0.433 e. The molecule has 0 saturated heterocycles. The molecule has 0 aromatic carbocycles. The Balaban J connectivity index is 2.20. The molecule has 2 aromatic rings. The van der Waals surface area contributed by atoms with E-state index < -0.39 is 33.0 Å². The van der Waals surface area contributed by atoms with E-state index in [0.717, 1.165) is 12.1 Å². The second kappa shape index (κ2) is 7.65. The summed E-state index contributed by atoms with van der Waals surface area (Å²) in [5.74, 6) is 0.225. The van der Waals surface area contributed by atoms with Crippen molar-refractivity contribution in [2.24, 2.45) is 0 Å². The number of hydrogen-bond donors (Lipinski definition) is 2. The number of urea groups is 1. The Hall–Kier alpha value is -3.09. The number of alkyl halides is 3. The summed E-state index contributed by atoms with van der Waals surface area (Å²) in [5, 5.41) is 1.14. The highest BCUT2D eigenvalue weighted by molar-refractivity contribution is 7.90. The molecule has 0 aliphatic carbocycles. The molecular formula is C14H13F3N4O5S. The largest absolute Gasteiger partial charge is 0.496 e. The van der Waals surface area contributed by atoms with Crippen molar-refractivity contribution in [1.29, 1.82) is 0 Å². The summed E-state index contributed by atoms with van der Waals surface area (Å²) >= 11 is 0. The van der Waals surface area contributed by atoms with Crippen LogP contribution >= 0.6 is 0 Å². The van der Waals surface area contributed by atoms with Crippen molar-refractivity contribution in [2.75, 3.05) is 19.5 Å². The van der Waals surface area contributed by atoms with Crippen molar-refractivity contribution < 1.29 is 35.9 Å². The van der Waals surface area contributed by atoms with Crippen molar-refractivity contribution >= 4 is 21.9 Å². The van der Waals surface area contributed by atoms with E-state index in [1.807, 2.05) is 0 Å². The quantitative estimate of drug-likeness (QED) is 0.780. The van der Waals surface area contributed by atoms with Crippen LogP contribution in [0.1, 0.15) is 5.69 Å². The molecule has 2 rings (SSSR count). The molecule has 146 valence electrons. The number of amides is 2. The van der Waals surface area contributed by atoms with E-state index in [1.54, 1.807) is 4.72 Å². The van der Waals surface area contributed by atoms with Crippen LogP contribution in [0.3, 0.4) is 0 Å². The van der Waals surface area contributed by atoms with Gasteiger partial charge in [-0.25, -0.2) is 14.5 Å². The van der Waals surface area contributed by atoms with Crippen molar-refractivity contribution in [3.05, 3.63) is 36.0 Å². The fourth-order valence-electron chi connectivity index (χ4n) is 1.81. The minimum absolute atomic E-state index is 0.0760. The lowest BCUT2D eigenvalue weighted by molar-refractivity contribution is -0.141. The third kappa shape index (κ3) is 5.20. The summed E-state index contributed by atoms with van der Waals surface area (Å²) in [6, 6.07) is 3.70. The molecule has 2 amide bonds. The minimum atomic E-state index is -4.84. The van der Waals surface area contributed by atoms with Gasteiger partial charge in [-0.2, -0.15) is 26.6 Å². The van der Waals surface area contributed by atoms with Crippen LogP contribution in [0, 0.1) is 0 Å². The van der Waals surface area contributed by atoms with E-state index in [4.69, 9.17) is 9.47 Å². The van der Waals surface area contributed by atoms with Crippen LogP contribution in [0.2, 0.25) is 0 Å². The van der Waals surface area contributed by atoms with Crippen LogP contribution in [0.5, 0.6) is 11.6 Å². The molecule has 0 radical (unpaired) electrons. The highest BCUT2D eigenvalue weighted by Crippen LogP contribution is 2.28. The van der Waals surface area contributed by atoms with E-state index >= 15 is 0 Å². The molecule has 0 aliphatic rings. The van der Waals surface area contributed by atoms with Crippen LogP contribution in [-0.2, 0) is 16.2 Å². The van der Waals surface area contributed by atoms with Gasteiger partial charge in [-0.3, -0.25) is 5.32 Å². The number of rotatable bonds is 5. The summed E-state index contributed by atoms with van der Waals surface area (Å²) in [4.78, 5) is 18.8. The van der Waals surface area contributed by atoms with Crippen molar-refractivity contribution in [1.82, 2.24) is 14.7 Å². The molecule has 0 unspecified atom stereocenters. The number of pyridine rings is 2. The number of carbonyl (C=O) groups is 1. The SMILES string of the molecule is COc1cc(NC(=O)NS(=O)(=O)c2cccc(C(F)(F)F)n2)nc(OC)c1. The van der Waals surface area contributed by atoms with Gasteiger partial charge in [0.2, 0.25) is 5.88 Å². The third-order valence-electron chi connectivity index (χ3n) is 2.98. The Morgan fingerprint density at radius 1 is 1.11 bits per heavy atom. The number of nitrogens with zero attached hydrogens (tertiary/aromatic N) is 2. The molecule has 2 N–H and O–H groups in total. The van der Waals surface area contributed by atoms with Gasteiger partial charge < -0.3 is 9.47 Å². The van der Waals surface area contributed by atoms with Gasteiger partial charge in [0.05, 0.1) is 14.2 Å². The number of sulfonamides is 1. The molecular weight excluding hydrogens is 393 g/mol. The fourth-order valence-corrected chi connectivity index (χ4v) is 2.68. The van der Waals surface area contributed by atoms with Gasteiger partial charge in [-0.15, -0.1) is 0 Å². The van der Waals surface area contributed by atoms with Crippen molar-refractivity contribution in [2.45, 2.75) is 11.2 Å². The third-order valence-corrected chi connectivity index (χ3v) is 4.21. The van der Waals surface area contributed by atoms with E-state index in [0.29, 0.717) is 6.07 Å². The average Bonchev–Trinajstić information content (AvgIpc) is 2.60. The van der Waals surface area contributed by atoms with Gasteiger partial charge >= 0.3 is 12.2 Å². The molecule has 27 heavy (non-hydrogen) atoms. The predicted molar refractivity (Wildman–Crippen MR) is 85.9 cm³/mol. The van der Waals surface area contributed by atoms with E-state index in [9.17, 15) is 26.4 Å². The number of ether oxygens (including phenoxy) is 2. The zero-order valence-corrected chi connectivity index (χ0v) is 14.7. The first-order valence-corrected chi connectivity index (χ1v) is 8.51. The van der Waals surface area contributed by atoms with Crippen LogP contribution in [0.25, 0.3) is 0 Å². The van der Waals surface area contributed by atoms with Gasteiger partial charge in [-0.05, 0) is 12.1 Å². The molecule has 9 nitrogen and oxygen atoms in total. The van der Waals surface area contributed by atoms with Crippen LogP contribution in [0.4, 0.5) is 23.8 Å². The second-order valence-corrected chi connectivity index (χ2v) is 6.48. The first-order valence-electron chi connectivity index (χ1n) is 7.03. The molecule has 0 saturated carbocycles. The minimum Gasteiger partial charge on any atom is -0.496 e. The summed E-state index contributed by atoms with van der Waals surface area (Å²) in [6.45, 7) is 0. The fraction of sp³-hybridized carbons (Fsp3) is 0.214. The lowest BCUT2D eigenvalue weighted by Crippen LogP contribution is -2.35. The molecule has 0 bridgehead atoms. The van der Waals surface area contributed by atoms with Crippen LogP contribution in [0.15, 0.2) is 35.4 Å². The normalized spacial score (nSPS) is 11.6. The maximum Gasteiger partial charge on any atom is 0.433 e. The number of halogens is 3. The maximum absolute atomic E-state index is 12.7. The number of hydrogen-bond acceptors (Lipinski definition) is 7. The van der Waals surface area contributed by atoms with Crippen molar-refractivity contribution in [3.8, 4) is 11.6 Å². The number of carbonyl (C=O) groups excluding carboxylic acids is 1. The monoisotopic (exact) mass is 406 g/mol. The summed E-state index contributed by atoms with van der Waals surface area (Å²) in [5.41, 5.74) is -1.41. The summed E-state index contributed by atoms with van der Waals surface area (Å²) in [6.07, 6.45) is -4.84. The van der Waals surface area contributed by atoms with E-state index in [-0.39, 0.29) is 17.4 Å². The summed E-state index contributed by atoms with van der Waals surface area (Å²) in [7, 11) is -1.99. The number of nitrogens with one attached hydrogen (secondary N) is 2. The Bertz CT molecular complexity index is 928. The van der Waals surface area contributed by atoms with E-state index in [2.05, 4.69) is 15.3 Å². The molecule has 2 heterocycles. The van der Waals surface area contributed by atoms with Gasteiger partial charge in [0.25, 0.3) is 10.0 Å². The lowest BCUT2D eigenvalue weighted by Gasteiger charge is -2.11. The Morgan fingerprint density at radius 3 is 2.41 bits per heavy atom. The highest BCUT2D eigenvalue weighted by Gasteiger charge is 2.34. The molecule has 0 spiro atoms. The number of methoxy groups -OCH3 is 2. The van der Waals surface area contributed by atoms with Gasteiger partial charge in [0, 0.05) is 12.1 Å². The zero-order valence-electron chi connectivity index (χ0n) is 13.9. The first-order chi connectivity index (χ1) is 12.5. The molecule has 0 aliphatic heterocycles. The summed E-state index contributed by atoms with van der Waals surface area (Å²) < 4.78 is 73.6.